The minimum atomic E-state index is -0.410. The summed E-state index contributed by atoms with van der Waals surface area (Å²) >= 11 is 3.11. The van der Waals surface area contributed by atoms with Gasteiger partial charge in [0.1, 0.15) is 0 Å². The van der Waals surface area contributed by atoms with Gasteiger partial charge in [0.25, 0.3) is 5.89 Å². The first-order valence-corrected chi connectivity index (χ1v) is 9.26. The second kappa shape index (κ2) is 8.07. The Labute approximate surface area is 147 Å². The van der Waals surface area contributed by atoms with E-state index in [9.17, 15) is 4.79 Å². The molecule has 0 aliphatic carbocycles. The summed E-state index contributed by atoms with van der Waals surface area (Å²) in [5.74, 6) is 1.19. The molecule has 2 heterocycles. The number of esters is 1. The largest absolute Gasteiger partial charge is 0.452 e. The van der Waals surface area contributed by atoms with E-state index in [4.69, 9.17) is 9.26 Å². The van der Waals surface area contributed by atoms with Gasteiger partial charge in [-0.1, -0.05) is 24.2 Å². The maximum atomic E-state index is 12.3. The number of rotatable bonds is 7. The zero-order valence-electron chi connectivity index (χ0n) is 13.0. The van der Waals surface area contributed by atoms with Crippen LogP contribution in [0.15, 0.2) is 44.6 Å². The van der Waals surface area contributed by atoms with E-state index >= 15 is 0 Å². The second-order valence-electron chi connectivity index (χ2n) is 4.80. The standard InChI is InChI=1S/C16H15N3O3S2/c1-2-14-18-15(22-19-14)7-21-16(20)12-5-3-4-6-13(12)24-9-11-8-23-10-17-11/h3-6,8,10H,2,7,9H2,1H3. The summed E-state index contributed by atoms with van der Waals surface area (Å²) in [4.78, 5) is 21.6. The lowest BCUT2D eigenvalue weighted by atomic mass is 10.2. The van der Waals surface area contributed by atoms with Crippen molar-refractivity contribution < 1.29 is 14.1 Å². The number of aromatic nitrogens is 3. The molecule has 0 aliphatic rings. The Morgan fingerprint density at radius 2 is 2.25 bits per heavy atom. The molecule has 0 atom stereocenters. The SMILES string of the molecule is CCc1noc(COC(=O)c2ccccc2SCc2cscn2)n1. The van der Waals surface area contributed by atoms with Crippen LogP contribution in [0, 0.1) is 0 Å². The summed E-state index contributed by atoms with van der Waals surface area (Å²) < 4.78 is 10.3. The van der Waals surface area contributed by atoms with Gasteiger partial charge >= 0.3 is 5.97 Å². The predicted octanol–water partition coefficient (Wildman–Crippen LogP) is 3.74. The molecule has 124 valence electrons. The lowest BCUT2D eigenvalue weighted by molar-refractivity contribution is 0.0425. The Hall–Kier alpha value is -2.19. The fourth-order valence-electron chi connectivity index (χ4n) is 1.92. The number of hydrogen-bond acceptors (Lipinski definition) is 8. The van der Waals surface area contributed by atoms with Crippen molar-refractivity contribution in [1.82, 2.24) is 15.1 Å². The van der Waals surface area contributed by atoms with Gasteiger partial charge in [0.05, 0.1) is 16.8 Å². The number of thiazole rings is 1. The molecule has 0 fully saturated rings. The van der Waals surface area contributed by atoms with E-state index in [0.717, 1.165) is 10.6 Å². The van der Waals surface area contributed by atoms with E-state index < -0.39 is 5.97 Å². The van der Waals surface area contributed by atoms with Crippen molar-refractivity contribution in [3.63, 3.8) is 0 Å². The van der Waals surface area contributed by atoms with Crippen LogP contribution < -0.4 is 0 Å². The van der Waals surface area contributed by atoms with Crippen molar-refractivity contribution in [1.29, 1.82) is 0 Å². The summed E-state index contributed by atoms with van der Waals surface area (Å²) in [5, 5.41) is 5.77. The first kappa shape index (κ1) is 16.7. The smallest absolute Gasteiger partial charge is 0.339 e. The first-order valence-electron chi connectivity index (χ1n) is 7.33. The summed E-state index contributed by atoms with van der Waals surface area (Å²) in [6.45, 7) is 1.90. The van der Waals surface area contributed by atoms with Crippen LogP contribution in [0.3, 0.4) is 0 Å². The van der Waals surface area contributed by atoms with Crippen LogP contribution in [0.2, 0.25) is 0 Å². The van der Waals surface area contributed by atoms with Crippen LogP contribution in [0.1, 0.15) is 34.7 Å². The van der Waals surface area contributed by atoms with E-state index in [1.54, 1.807) is 34.7 Å². The van der Waals surface area contributed by atoms with Crippen LogP contribution in [-0.2, 0) is 23.5 Å². The van der Waals surface area contributed by atoms with Gasteiger partial charge in [-0.3, -0.25) is 0 Å². The van der Waals surface area contributed by atoms with Crippen LogP contribution in [0.4, 0.5) is 0 Å². The first-order chi connectivity index (χ1) is 11.8. The Bertz CT molecular complexity index is 803. The van der Waals surface area contributed by atoms with E-state index in [0.29, 0.717) is 29.5 Å². The molecule has 0 saturated carbocycles. The highest BCUT2D eigenvalue weighted by atomic mass is 32.2. The molecule has 6 nitrogen and oxygen atoms in total. The average Bonchev–Trinajstić information content (AvgIpc) is 3.29. The number of aryl methyl sites for hydroxylation is 1. The molecule has 3 rings (SSSR count). The Morgan fingerprint density at radius 3 is 3.00 bits per heavy atom. The minimum absolute atomic E-state index is 0.0308. The van der Waals surface area contributed by atoms with Gasteiger partial charge in [-0.05, 0) is 12.1 Å². The fourth-order valence-corrected chi connectivity index (χ4v) is 3.53. The van der Waals surface area contributed by atoms with E-state index in [1.165, 1.54) is 0 Å². The zero-order chi connectivity index (χ0) is 16.8. The highest BCUT2D eigenvalue weighted by Crippen LogP contribution is 2.27. The van der Waals surface area contributed by atoms with Gasteiger partial charge in [0, 0.05) is 22.4 Å². The Kier molecular flexibility index (Phi) is 5.60. The molecule has 0 radical (unpaired) electrons. The highest BCUT2D eigenvalue weighted by molar-refractivity contribution is 7.98. The summed E-state index contributed by atoms with van der Waals surface area (Å²) in [6, 6.07) is 7.35. The molecule has 3 aromatic rings. The predicted molar refractivity (Wildman–Crippen MR) is 90.9 cm³/mol. The van der Waals surface area contributed by atoms with Crippen molar-refractivity contribution in [3.05, 3.63) is 58.1 Å². The van der Waals surface area contributed by atoms with Gasteiger partial charge in [-0.25, -0.2) is 9.78 Å². The molecule has 8 heteroatoms. The van der Waals surface area contributed by atoms with Gasteiger partial charge in [-0.15, -0.1) is 23.1 Å². The topological polar surface area (TPSA) is 78.1 Å². The maximum absolute atomic E-state index is 12.3. The van der Waals surface area contributed by atoms with Crippen molar-refractivity contribution in [2.45, 2.75) is 30.6 Å². The molecule has 0 aliphatic heterocycles. The Balaban J connectivity index is 1.63. The highest BCUT2D eigenvalue weighted by Gasteiger charge is 2.15. The summed E-state index contributed by atoms with van der Waals surface area (Å²) in [7, 11) is 0. The molecule has 0 unspecified atom stereocenters. The van der Waals surface area contributed by atoms with E-state index in [1.807, 2.05) is 30.5 Å². The number of benzene rings is 1. The number of carbonyl (C=O) groups is 1. The van der Waals surface area contributed by atoms with Gasteiger partial charge in [-0.2, -0.15) is 4.98 Å². The van der Waals surface area contributed by atoms with Gasteiger partial charge < -0.3 is 9.26 Å². The van der Waals surface area contributed by atoms with Gasteiger partial charge in [0.2, 0.25) is 0 Å². The van der Waals surface area contributed by atoms with Gasteiger partial charge in [0.15, 0.2) is 12.4 Å². The Morgan fingerprint density at radius 1 is 1.38 bits per heavy atom. The third kappa shape index (κ3) is 4.21. The van der Waals surface area contributed by atoms with Crippen LogP contribution in [0.5, 0.6) is 0 Å². The van der Waals surface area contributed by atoms with Crippen molar-refractivity contribution >= 4 is 29.1 Å². The van der Waals surface area contributed by atoms with Crippen molar-refractivity contribution in [2.24, 2.45) is 0 Å². The lowest BCUT2D eigenvalue weighted by Crippen LogP contribution is -2.07. The second-order valence-corrected chi connectivity index (χ2v) is 6.53. The van der Waals surface area contributed by atoms with Crippen LogP contribution >= 0.6 is 23.1 Å². The molecule has 0 bridgehead atoms. The van der Waals surface area contributed by atoms with Crippen LogP contribution in [-0.4, -0.2) is 21.1 Å². The number of hydrogen-bond donors (Lipinski definition) is 0. The molecule has 1 aromatic carbocycles. The average molecular weight is 361 g/mol. The molecular weight excluding hydrogens is 346 g/mol. The molecule has 0 saturated heterocycles. The summed E-state index contributed by atoms with van der Waals surface area (Å²) in [5.41, 5.74) is 3.31. The third-order valence-corrected chi connectivity index (χ3v) is 4.86. The van der Waals surface area contributed by atoms with Crippen molar-refractivity contribution in [3.8, 4) is 0 Å². The third-order valence-electron chi connectivity index (χ3n) is 3.12. The summed E-state index contributed by atoms with van der Waals surface area (Å²) in [6.07, 6.45) is 0.674. The monoisotopic (exact) mass is 361 g/mol. The molecule has 0 spiro atoms. The van der Waals surface area contributed by atoms with Crippen LogP contribution in [0.25, 0.3) is 0 Å². The number of nitrogens with zero attached hydrogens (tertiary/aromatic N) is 3. The number of ether oxygens (including phenoxy) is 1. The van der Waals surface area contributed by atoms with E-state index in [-0.39, 0.29) is 6.61 Å². The molecule has 0 N–H and O–H groups in total. The normalized spacial score (nSPS) is 10.7. The molecule has 0 amide bonds. The zero-order valence-corrected chi connectivity index (χ0v) is 14.6. The minimum Gasteiger partial charge on any atom is -0.452 e. The number of thioether (sulfide) groups is 1. The molecule has 24 heavy (non-hydrogen) atoms. The fraction of sp³-hybridized carbons (Fsp3) is 0.250. The molecular formula is C16H15N3O3S2. The lowest BCUT2D eigenvalue weighted by Gasteiger charge is -2.07. The maximum Gasteiger partial charge on any atom is 0.339 e. The van der Waals surface area contributed by atoms with E-state index in [2.05, 4.69) is 15.1 Å². The quantitative estimate of drug-likeness (QED) is 0.468. The van der Waals surface area contributed by atoms with Crippen molar-refractivity contribution in [2.75, 3.05) is 0 Å². The number of carbonyl (C=O) groups excluding carboxylic acids is 1. The molecule has 2 aromatic heterocycles.